The maximum atomic E-state index is 5.80. The Kier molecular flexibility index (Phi) is 3.18. The van der Waals surface area contributed by atoms with Gasteiger partial charge in [0.15, 0.2) is 0 Å². The zero-order valence-electron chi connectivity index (χ0n) is 8.82. The molecule has 0 bridgehead atoms. The number of rotatable bonds is 4. The molecule has 0 radical (unpaired) electrons. The molecule has 1 fully saturated rings. The zero-order valence-corrected chi connectivity index (χ0v) is 8.82. The lowest BCUT2D eigenvalue weighted by Gasteiger charge is -2.33. The van der Waals surface area contributed by atoms with E-state index in [0.717, 1.165) is 12.0 Å². The van der Waals surface area contributed by atoms with E-state index in [0.29, 0.717) is 17.8 Å². The molecule has 0 spiro atoms. The third-order valence-corrected chi connectivity index (χ3v) is 3.30. The van der Waals surface area contributed by atoms with Crippen LogP contribution in [0.2, 0.25) is 0 Å². The molecule has 0 amide bonds. The van der Waals surface area contributed by atoms with Gasteiger partial charge in [-0.25, -0.2) is 4.98 Å². The number of nitrogens with zero attached hydrogens (tertiary/aromatic N) is 1. The first-order valence-electron chi connectivity index (χ1n) is 5.46. The van der Waals surface area contributed by atoms with Crippen LogP contribution >= 0.6 is 0 Å². The molecule has 1 saturated carbocycles. The highest BCUT2D eigenvalue weighted by atomic mass is 15.2. The standard InChI is InChI=1S/C11H18N4/c12-11-9(5-2-6-14-11)7-10(15-13)8-3-1-4-8/h2,5-6,8,10,15H,1,3-4,7,13H2,(H2,12,14). The van der Waals surface area contributed by atoms with Gasteiger partial charge in [0, 0.05) is 12.2 Å². The number of nitrogens with one attached hydrogen (secondary N) is 1. The van der Waals surface area contributed by atoms with E-state index in [1.54, 1.807) is 6.20 Å². The minimum absolute atomic E-state index is 0.338. The predicted molar refractivity (Wildman–Crippen MR) is 60.8 cm³/mol. The Morgan fingerprint density at radius 3 is 2.87 bits per heavy atom. The van der Waals surface area contributed by atoms with Gasteiger partial charge in [-0.2, -0.15) is 0 Å². The molecule has 5 N–H and O–H groups in total. The van der Waals surface area contributed by atoms with E-state index in [9.17, 15) is 0 Å². The first-order valence-corrected chi connectivity index (χ1v) is 5.46. The lowest BCUT2D eigenvalue weighted by atomic mass is 9.78. The first kappa shape index (κ1) is 10.4. The van der Waals surface area contributed by atoms with Gasteiger partial charge in [0.1, 0.15) is 5.82 Å². The fourth-order valence-corrected chi connectivity index (χ4v) is 2.06. The van der Waals surface area contributed by atoms with Gasteiger partial charge in [-0.1, -0.05) is 12.5 Å². The summed E-state index contributed by atoms with van der Waals surface area (Å²) in [5.41, 5.74) is 9.79. The first-order chi connectivity index (χ1) is 7.31. The number of aromatic nitrogens is 1. The molecule has 1 aliphatic rings. The summed E-state index contributed by atoms with van der Waals surface area (Å²) in [5, 5.41) is 0. The minimum atomic E-state index is 0.338. The predicted octanol–water partition coefficient (Wildman–Crippen LogP) is 0.838. The lowest BCUT2D eigenvalue weighted by molar-refractivity contribution is 0.229. The molecule has 4 heteroatoms. The smallest absolute Gasteiger partial charge is 0.126 e. The molecular formula is C11H18N4. The normalized spacial score (nSPS) is 18.5. The van der Waals surface area contributed by atoms with Crippen molar-refractivity contribution in [1.29, 1.82) is 0 Å². The lowest BCUT2D eigenvalue weighted by Crippen LogP contribution is -2.45. The third kappa shape index (κ3) is 2.27. The molecule has 2 rings (SSSR count). The molecule has 1 aromatic rings. The summed E-state index contributed by atoms with van der Waals surface area (Å²) >= 11 is 0. The van der Waals surface area contributed by atoms with Crippen LogP contribution in [0.1, 0.15) is 24.8 Å². The molecule has 0 saturated heterocycles. The van der Waals surface area contributed by atoms with E-state index in [1.165, 1.54) is 19.3 Å². The van der Waals surface area contributed by atoms with Crippen molar-refractivity contribution in [3.8, 4) is 0 Å². The average Bonchev–Trinajstić information content (AvgIpc) is 2.17. The van der Waals surface area contributed by atoms with Crippen molar-refractivity contribution >= 4 is 5.82 Å². The van der Waals surface area contributed by atoms with Crippen LogP contribution in [0.4, 0.5) is 5.82 Å². The van der Waals surface area contributed by atoms with Gasteiger partial charge in [0.05, 0.1) is 0 Å². The summed E-state index contributed by atoms with van der Waals surface area (Å²) in [4.78, 5) is 4.08. The maximum absolute atomic E-state index is 5.80. The molecule has 1 unspecified atom stereocenters. The molecular weight excluding hydrogens is 188 g/mol. The van der Waals surface area contributed by atoms with E-state index >= 15 is 0 Å². The van der Waals surface area contributed by atoms with Crippen molar-refractivity contribution in [2.75, 3.05) is 5.73 Å². The number of hydrazine groups is 1. The summed E-state index contributed by atoms with van der Waals surface area (Å²) in [7, 11) is 0. The fraction of sp³-hybridized carbons (Fsp3) is 0.545. The van der Waals surface area contributed by atoms with Crippen molar-refractivity contribution in [3.05, 3.63) is 23.9 Å². The third-order valence-electron chi connectivity index (χ3n) is 3.30. The van der Waals surface area contributed by atoms with E-state index in [2.05, 4.69) is 10.4 Å². The van der Waals surface area contributed by atoms with Crippen molar-refractivity contribution in [2.45, 2.75) is 31.7 Å². The summed E-state index contributed by atoms with van der Waals surface area (Å²) in [6.07, 6.45) is 6.46. The number of anilines is 1. The van der Waals surface area contributed by atoms with E-state index < -0.39 is 0 Å². The highest BCUT2D eigenvalue weighted by molar-refractivity contribution is 5.38. The highest BCUT2D eigenvalue weighted by Crippen LogP contribution is 2.31. The molecule has 15 heavy (non-hydrogen) atoms. The van der Waals surface area contributed by atoms with Crippen LogP contribution in [0.5, 0.6) is 0 Å². The monoisotopic (exact) mass is 206 g/mol. The summed E-state index contributed by atoms with van der Waals surface area (Å²) in [6, 6.07) is 4.27. The summed E-state index contributed by atoms with van der Waals surface area (Å²) < 4.78 is 0. The molecule has 1 aliphatic carbocycles. The number of nitrogen functional groups attached to an aromatic ring is 1. The molecule has 0 aromatic carbocycles. The molecule has 4 nitrogen and oxygen atoms in total. The Labute approximate surface area is 90.0 Å². The summed E-state index contributed by atoms with van der Waals surface area (Å²) in [6.45, 7) is 0. The van der Waals surface area contributed by atoms with Gasteiger partial charge in [-0.3, -0.25) is 11.3 Å². The van der Waals surface area contributed by atoms with Crippen LogP contribution in [0.25, 0.3) is 0 Å². The second kappa shape index (κ2) is 4.59. The van der Waals surface area contributed by atoms with Gasteiger partial charge < -0.3 is 5.73 Å². The fourth-order valence-electron chi connectivity index (χ4n) is 2.06. The van der Waals surface area contributed by atoms with E-state index in [4.69, 9.17) is 11.6 Å². The van der Waals surface area contributed by atoms with Gasteiger partial charge >= 0.3 is 0 Å². The van der Waals surface area contributed by atoms with Crippen LogP contribution in [0.15, 0.2) is 18.3 Å². The Morgan fingerprint density at radius 1 is 1.53 bits per heavy atom. The molecule has 82 valence electrons. The van der Waals surface area contributed by atoms with Gasteiger partial charge in [0.25, 0.3) is 0 Å². The Morgan fingerprint density at radius 2 is 2.33 bits per heavy atom. The zero-order chi connectivity index (χ0) is 10.7. The maximum Gasteiger partial charge on any atom is 0.126 e. The highest BCUT2D eigenvalue weighted by Gasteiger charge is 2.26. The number of hydrogen-bond acceptors (Lipinski definition) is 4. The van der Waals surface area contributed by atoms with Gasteiger partial charge in [-0.15, -0.1) is 0 Å². The van der Waals surface area contributed by atoms with E-state index in [1.807, 2.05) is 12.1 Å². The topological polar surface area (TPSA) is 77.0 Å². The van der Waals surface area contributed by atoms with Gasteiger partial charge in [0.2, 0.25) is 0 Å². The number of hydrogen-bond donors (Lipinski definition) is 3. The van der Waals surface area contributed by atoms with Crippen LogP contribution < -0.4 is 17.0 Å². The van der Waals surface area contributed by atoms with Crippen LogP contribution in [-0.4, -0.2) is 11.0 Å². The van der Waals surface area contributed by atoms with Crippen molar-refractivity contribution in [2.24, 2.45) is 11.8 Å². The van der Waals surface area contributed by atoms with Crippen LogP contribution in [0, 0.1) is 5.92 Å². The quantitative estimate of drug-likeness (QED) is 0.504. The van der Waals surface area contributed by atoms with Gasteiger partial charge in [-0.05, 0) is 36.8 Å². The van der Waals surface area contributed by atoms with E-state index in [-0.39, 0.29) is 0 Å². The number of nitrogens with two attached hydrogens (primary N) is 2. The number of pyridine rings is 1. The molecule has 1 atom stereocenters. The van der Waals surface area contributed by atoms with Crippen molar-refractivity contribution < 1.29 is 0 Å². The Balaban J connectivity index is 2.02. The SMILES string of the molecule is NNC(Cc1cccnc1N)C1CCC1. The summed E-state index contributed by atoms with van der Waals surface area (Å²) in [5.74, 6) is 6.90. The molecule has 1 aromatic heterocycles. The minimum Gasteiger partial charge on any atom is -0.383 e. The van der Waals surface area contributed by atoms with Crippen LogP contribution in [-0.2, 0) is 6.42 Å². The Bertz CT molecular complexity index is 322. The largest absolute Gasteiger partial charge is 0.383 e. The average molecular weight is 206 g/mol. The van der Waals surface area contributed by atoms with Crippen LogP contribution in [0.3, 0.4) is 0 Å². The van der Waals surface area contributed by atoms with Crippen molar-refractivity contribution in [3.63, 3.8) is 0 Å². The Hall–Kier alpha value is -1.13. The molecule has 0 aliphatic heterocycles. The van der Waals surface area contributed by atoms with Crippen molar-refractivity contribution in [1.82, 2.24) is 10.4 Å². The molecule has 1 heterocycles. The second-order valence-electron chi connectivity index (χ2n) is 4.22. The second-order valence-corrected chi connectivity index (χ2v) is 4.22.